The molecule has 1 N–H and O–H groups in total. The predicted molar refractivity (Wildman–Crippen MR) is 55.2 cm³/mol. The van der Waals surface area contributed by atoms with E-state index in [4.69, 9.17) is 4.84 Å². The van der Waals surface area contributed by atoms with Gasteiger partial charge in [0.1, 0.15) is 5.69 Å². The van der Waals surface area contributed by atoms with Gasteiger partial charge in [-0.3, -0.25) is 14.6 Å². The first-order valence-electron chi connectivity index (χ1n) is 4.48. The van der Waals surface area contributed by atoms with Crippen molar-refractivity contribution in [2.24, 2.45) is 0 Å². The molecule has 0 aliphatic carbocycles. The van der Waals surface area contributed by atoms with Gasteiger partial charge < -0.3 is 4.98 Å². The van der Waals surface area contributed by atoms with Gasteiger partial charge in [0, 0.05) is 13.2 Å². The van der Waals surface area contributed by atoms with E-state index >= 15 is 0 Å². The molecule has 15 heavy (non-hydrogen) atoms. The maximum Gasteiger partial charge on any atom is 0.293 e. The lowest BCUT2D eigenvalue weighted by atomic mass is 10.3. The van der Waals surface area contributed by atoms with E-state index in [9.17, 15) is 4.79 Å². The van der Waals surface area contributed by atoms with Crippen LogP contribution in [-0.2, 0) is 4.84 Å². The van der Waals surface area contributed by atoms with Gasteiger partial charge in [0.05, 0.1) is 18.1 Å². The third-order valence-corrected chi connectivity index (χ3v) is 2.18. The van der Waals surface area contributed by atoms with Crippen molar-refractivity contribution in [3.8, 4) is 0 Å². The molecule has 0 atom stereocenters. The summed E-state index contributed by atoms with van der Waals surface area (Å²) in [6.07, 6.45) is 1.68. The lowest BCUT2D eigenvalue weighted by Gasteiger charge is -2.11. The Morgan fingerprint density at radius 3 is 3.07 bits per heavy atom. The predicted octanol–water partition coefficient (Wildman–Crippen LogP) is 1.20. The number of aromatic nitrogens is 2. The van der Waals surface area contributed by atoms with Crippen molar-refractivity contribution in [1.82, 2.24) is 15.0 Å². The largest absolute Gasteiger partial charge is 0.349 e. The third kappa shape index (κ3) is 1.69. The second-order valence-corrected chi connectivity index (χ2v) is 3.10. The van der Waals surface area contributed by atoms with Gasteiger partial charge in [-0.1, -0.05) is 0 Å². The van der Waals surface area contributed by atoms with Crippen molar-refractivity contribution < 1.29 is 9.63 Å². The highest BCUT2D eigenvalue weighted by Crippen LogP contribution is 2.13. The standard InChI is InChI=1S/C10H11N3O2/c1-13(15-2)10(14)9-6-8-7(12-9)4-3-5-11-8/h3-6,12H,1-2H3. The van der Waals surface area contributed by atoms with Crippen molar-refractivity contribution in [1.29, 1.82) is 0 Å². The Kier molecular flexibility index (Phi) is 2.39. The summed E-state index contributed by atoms with van der Waals surface area (Å²) in [6, 6.07) is 5.38. The molecular weight excluding hydrogens is 194 g/mol. The average molecular weight is 205 g/mol. The van der Waals surface area contributed by atoms with Gasteiger partial charge in [-0.05, 0) is 18.2 Å². The molecule has 0 radical (unpaired) electrons. The number of carbonyl (C=O) groups is 1. The van der Waals surface area contributed by atoms with Crippen LogP contribution in [0, 0.1) is 0 Å². The number of nitrogens with zero attached hydrogens (tertiary/aromatic N) is 2. The number of hydrogen-bond acceptors (Lipinski definition) is 3. The third-order valence-electron chi connectivity index (χ3n) is 2.18. The first-order chi connectivity index (χ1) is 7.22. The molecule has 5 heteroatoms. The fraction of sp³-hybridized carbons (Fsp3) is 0.200. The van der Waals surface area contributed by atoms with E-state index < -0.39 is 0 Å². The SMILES string of the molecule is CON(C)C(=O)c1cc2ncccc2[nH]1. The van der Waals surface area contributed by atoms with Crippen molar-refractivity contribution in [2.45, 2.75) is 0 Å². The number of hydrogen-bond donors (Lipinski definition) is 1. The van der Waals surface area contributed by atoms with E-state index in [1.54, 1.807) is 19.3 Å². The van der Waals surface area contributed by atoms with Crippen molar-refractivity contribution in [3.05, 3.63) is 30.1 Å². The number of rotatable bonds is 2. The smallest absolute Gasteiger partial charge is 0.293 e. The van der Waals surface area contributed by atoms with Crippen LogP contribution in [0.15, 0.2) is 24.4 Å². The van der Waals surface area contributed by atoms with Crippen molar-refractivity contribution in [3.63, 3.8) is 0 Å². The molecule has 1 amide bonds. The molecule has 0 aromatic carbocycles. The first kappa shape index (κ1) is 9.67. The number of carbonyl (C=O) groups excluding carboxylic acids is 1. The van der Waals surface area contributed by atoms with Gasteiger partial charge in [-0.2, -0.15) is 0 Å². The molecule has 0 bridgehead atoms. The van der Waals surface area contributed by atoms with Crippen LogP contribution < -0.4 is 0 Å². The minimum atomic E-state index is -0.226. The zero-order valence-electron chi connectivity index (χ0n) is 8.52. The molecule has 2 rings (SSSR count). The van der Waals surface area contributed by atoms with E-state index in [0.717, 1.165) is 16.1 Å². The molecule has 0 spiro atoms. The van der Waals surface area contributed by atoms with Crippen LogP contribution in [0.25, 0.3) is 11.0 Å². The van der Waals surface area contributed by atoms with Crippen LogP contribution in [0.1, 0.15) is 10.5 Å². The molecule has 0 fully saturated rings. The van der Waals surface area contributed by atoms with E-state index in [2.05, 4.69) is 9.97 Å². The Bertz CT molecular complexity index is 459. The molecule has 0 saturated heterocycles. The molecule has 2 heterocycles. The molecule has 0 saturated carbocycles. The summed E-state index contributed by atoms with van der Waals surface area (Å²) in [4.78, 5) is 23.6. The maximum atomic E-state index is 11.7. The monoisotopic (exact) mass is 205 g/mol. The first-order valence-corrected chi connectivity index (χ1v) is 4.48. The van der Waals surface area contributed by atoms with Crippen LogP contribution in [0.4, 0.5) is 0 Å². The zero-order chi connectivity index (χ0) is 10.8. The minimum Gasteiger partial charge on any atom is -0.349 e. The molecule has 2 aromatic rings. The van der Waals surface area contributed by atoms with Gasteiger partial charge in [-0.25, -0.2) is 5.06 Å². The zero-order valence-corrected chi connectivity index (χ0v) is 8.52. The van der Waals surface area contributed by atoms with Gasteiger partial charge in [0.15, 0.2) is 0 Å². The van der Waals surface area contributed by atoms with Crippen LogP contribution in [0.2, 0.25) is 0 Å². The normalized spacial score (nSPS) is 10.5. The Morgan fingerprint density at radius 1 is 1.60 bits per heavy atom. The maximum absolute atomic E-state index is 11.7. The van der Waals surface area contributed by atoms with E-state index in [1.165, 1.54) is 7.11 Å². The molecule has 0 aliphatic heterocycles. The molecule has 78 valence electrons. The number of H-pyrrole nitrogens is 1. The summed E-state index contributed by atoms with van der Waals surface area (Å²) in [5.41, 5.74) is 2.07. The van der Waals surface area contributed by atoms with Crippen LogP contribution in [0.5, 0.6) is 0 Å². The second kappa shape index (κ2) is 3.70. The summed E-state index contributed by atoms with van der Waals surface area (Å²) < 4.78 is 0. The molecule has 0 unspecified atom stereocenters. The highest BCUT2D eigenvalue weighted by atomic mass is 16.7. The second-order valence-electron chi connectivity index (χ2n) is 3.10. The Balaban J connectivity index is 2.41. The number of amides is 1. The van der Waals surface area contributed by atoms with E-state index in [1.807, 2.05) is 12.1 Å². The van der Waals surface area contributed by atoms with Crippen molar-refractivity contribution >= 4 is 16.9 Å². The van der Waals surface area contributed by atoms with Gasteiger partial charge in [0.2, 0.25) is 0 Å². The molecule has 0 aliphatic rings. The number of pyridine rings is 1. The molecule has 5 nitrogen and oxygen atoms in total. The fourth-order valence-corrected chi connectivity index (χ4v) is 1.32. The summed E-state index contributed by atoms with van der Waals surface area (Å²) in [5.74, 6) is -0.226. The fourth-order valence-electron chi connectivity index (χ4n) is 1.32. The summed E-state index contributed by atoms with van der Waals surface area (Å²) >= 11 is 0. The van der Waals surface area contributed by atoms with E-state index in [-0.39, 0.29) is 5.91 Å². The quantitative estimate of drug-likeness (QED) is 0.749. The minimum absolute atomic E-state index is 0.226. The summed E-state index contributed by atoms with van der Waals surface area (Å²) in [7, 11) is 3.00. The number of aromatic amines is 1. The summed E-state index contributed by atoms with van der Waals surface area (Å²) in [5, 5.41) is 1.16. The number of nitrogens with one attached hydrogen (secondary N) is 1. The lowest BCUT2D eigenvalue weighted by molar-refractivity contribution is -0.0759. The Morgan fingerprint density at radius 2 is 2.40 bits per heavy atom. The van der Waals surface area contributed by atoms with Crippen LogP contribution in [-0.4, -0.2) is 35.1 Å². The topological polar surface area (TPSA) is 58.2 Å². The van der Waals surface area contributed by atoms with E-state index in [0.29, 0.717) is 5.69 Å². The highest BCUT2D eigenvalue weighted by molar-refractivity contribution is 5.96. The summed E-state index contributed by atoms with van der Waals surface area (Å²) in [6.45, 7) is 0. The van der Waals surface area contributed by atoms with Crippen LogP contribution >= 0.6 is 0 Å². The highest BCUT2D eigenvalue weighted by Gasteiger charge is 2.13. The number of hydroxylamine groups is 2. The Hall–Kier alpha value is -1.88. The average Bonchev–Trinajstić information content (AvgIpc) is 2.70. The van der Waals surface area contributed by atoms with Crippen LogP contribution in [0.3, 0.4) is 0 Å². The van der Waals surface area contributed by atoms with Gasteiger partial charge >= 0.3 is 0 Å². The molecular formula is C10H11N3O2. The van der Waals surface area contributed by atoms with Gasteiger partial charge in [0.25, 0.3) is 5.91 Å². The number of fused-ring (bicyclic) bond motifs is 1. The van der Waals surface area contributed by atoms with Gasteiger partial charge in [-0.15, -0.1) is 0 Å². The van der Waals surface area contributed by atoms with Crippen molar-refractivity contribution in [2.75, 3.05) is 14.2 Å². The lowest BCUT2D eigenvalue weighted by Crippen LogP contribution is -2.25. The Labute approximate surface area is 86.6 Å². The molecule has 2 aromatic heterocycles.